The van der Waals surface area contributed by atoms with Crippen molar-refractivity contribution in [1.82, 2.24) is 0 Å². The average molecular weight is 253 g/mol. The van der Waals surface area contributed by atoms with E-state index in [0.29, 0.717) is 0 Å². The number of allylic oxidation sites excluding steroid dienone is 1. The van der Waals surface area contributed by atoms with E-state index in [-0.39, 0.29) is 5.41 Å². The zero-order valence-electron chi connectivity index (χ0n) is 9.10. The van der Waals surface area contributed by atoms with Gasteiger partial charge in [-0.05, 0) is 22.1 Å². The van der Waals surface area contributed by atoms with Gasteiger partial charge in [0.05, 0.1) is 0 Å². The van der Waals surface area contributed by atoms with Crippen LogP contribution in [0.5, 0.6) is 0 Å². The lowest BCUT2D eigenvalue weighted by atomic mass is 9.85. The fourth-order valence-electron chi connectivity index (χ4n) is 1.28. The summed E-state index contributed by atoms with van der Waals surface area (Å²) in [5, 5.41) is 0.834. The first-order valence-corrected chi connectivity index (χ1v) is 5.92. The van der Waals surface area contributed by atoms with E-state index >= 15 is 0 Å². The Morgan fingerprint density at radius 2 is 2.00 bits per heavy atom. The molecule has 0 bridgehead atoms. The van der Waals surface area contributed by atoms with Crippen LogP contribution in [-0.4, -0.2) is 5.33 Å². The van der Waals surface area contributed by atoms with E-state index in [9.17, 15) is 0 Å². The van der Waals surface area contributed by atoms with Gasteiger partial charge in [0.2, 0.25) is 0 Å². The van der Waals surface area contributed by atoms with Gasteiger partial charge in [0.25, 0.3) is 0 Å². The van der Waals surface area contributed by atoms with Crippen molar-refractivity contribution in [3.8, 4) is 0 Å². The fourth-order valence-corrected chi connectivity index (χ4v) is 1.61. The first-order valence-electron chi connectivity index (χ1n) is 4.80. The molecular weight excluding hydrogens is 236 g/mol. The van der Waals surface area contributed by atoms with Crippen LogP contribution in [0.25, 0.3) is 5.57 Å². The van der Waals surface area contributed by atoms with Gasteiger partial charge in [0.15, 0.2) is 0 Å². The van der Waals surface area contributed by atoms with Crippen LogP contribution in [0, 0.1) is 0 Å². The Hall–Kier alpha value is -0.560. The van der Waals surface area contributed by atoms with Gasteiger partial charge in [-0.2, -0.15) is 0 Å². The molecule has 0 spiro atoms. The Balaban J connectivity index is 3.08. The highest BCUT2D eigenvalue weighted by molar-refractivity contribution is 9.09. The lowest BCUT2D eigenvalue weighted by Crippen LogP contribution is -2.11. The Kier molecular flexibility index (Phi) is 3.54. The van der Waals surface area contributed by atoms with E-state index in [4.69, 9.17) is 0 Å². The van der Waals surface area contributed by atoms with Gasteiger partial charge in [-0.15, -0.1) is 0 Å². The molecule has 0 aromatic heterocycles. The predicted molar refractivity (Wildman–Crippen MR) is 68.0 cm³/mol. The predicted octanol–water partition coefficient (Wildman–Crippen LogP) is 4.39. The largest absolute Gasteiger partial charge is 0.0944 e. The average Bonchev–Trinajstić information content (AvgIpc) is 2.15. The quantitative estimate of drug-likeness (QED) is 0.685. The molecule has 0 saturated heterocycles. The molecule has 14 heavy (non-hydrogen) atoms. The van der Waals surface area contributed by atoms with E-state index in [0.717, 1.165) is 10.9 Å². The maximum absolute atomic E-state index is 4.02. The van der Waals surface area contributed by atoms with Crippen molar-refractivity contribution in [1.29, 1.82) is 0 Å². The van der Waals surface area contributed by atoms with Gasteiger partial charge in [0.1, 0.15) is 0 Å². The zero-order chi connectivity index (χ0) is 10.8. The third kappa shape index (κ3) is 2.71. The molecular formula is C13H17Br. The molecule has 0 N–H and O–H groups in total. The molecule has 0 unspecified atom stereocenters. The van der Waals surface area contributed by atoms with Gasteiger partial charge in [-0.1, -0.05) is 67.5 Å². The third-order valence-electron chi connectivity index (χ3n) is 2.30. The van der Waals surface area contributed by atoms with E-state index in [1.807, 2.05) is 0 Å². The monoisotopic (exact) mass is 252 g/mol. The molecule has 1 aromatic rings. The minimum Gasteiger partial charge on any atom is -0.0944 e. The standard InChI is InChI=1S/C13H17Br/c1-10(9-14)11-6-5-7-12(8-11)13(2,3)4/h5-8H,1,9H2,2-4H3. The second-order valence-corrected chi connectivity index (χ2v) is 5.13. The number of alkyl halides is 1. The normalized spacial score (nSPS) is 11.4. The van der Waals surface area contributed by atoms with E-state index in [1.165, 1.54) is 11.1 Å². The topological polar surface area (TPSA) is 0 Å². The number of benzene rings is 1. The molecule has 0 nitrogen and oxygen atoms in total. The second-order valence-electron chi connectivity index (χ2n) is 4.57. The number of rotatable bonds is 2. The van der Waals surface area contributed by atoms with Crippen molar-refractivity contribution in [3.05, 3.63) is 42.0 Å². The third-order valence-corrected chi connectivity index (χ3v) is 2.98. The smallest absolute Gasteiger partial charge is 0.0283 e. The summed E-state index contributed by atoms with van der Waals surface area (Å²) < 4.78 is 0. The molecule has 1 rings (SSSR count). The van der Waals surface area contributed by atoms with Crippen LogP contribution in [0.4, 0.5) is 0 Å². The summed E-state index contributed by atoms with van der Waals surface area (Å²) in [4.78, 5) is 0. The Morgan fingerprint density at radius 3 is 2.50 bits per heavy atom. The minimum absolute atomic E-state index is 0.211. The number of hydrogen-bond acceptors (Lipinski definition) is 0. The highest BCUT2D eigenvalue weighted by atomic mass is 79.9. The van der Waals surface area contributed by atoms with Gasteiger partial charge in [-0.25, -0.2) is 0 Å². The van der Waals surface area contributed by atoms with E-state index < -0.39 is 0 Å². The number of halogens is 1. The Bertz CT molecular complexity index is 331. The highest BCUT2D eigenvalue weighted by Crippen LogP contribution is 2.25. The second kappa shape index (κ2) is 4.31. The maximum Gasteiger partial charge on any atom is 0.0283 e. The first kappa shape index (κ1) is 11.5. The van der Waals surface area contributed by atoms with Gasteiger partial charge < -0.3 is 0 Å². The van der Waals surface area contributed by atoms with Crippen LogP contribution in [-0.2, 0) is 5.41 Å². The van der Waals surface area contributed by atoms with Crippen molar-refractivity contribution < 1.29 is 0 Å². The zero-order valence-corrected chi connectivity index (χ0v) is 10.7. The van der Waals surface area contributed by atoms with Gasteiger partial charge >= 0.3 is 0 Å². The number of hydrogen-bond donors (Lipinski definition) is 0. The first-order chi connectivity index (χ1) is 6.45. The van der Waals surface area contributed by atoms with Crippen LogP contribution in [0.3, 0.4) is 0 Å². The molecule has 0 aliphatic carbocycles. The van der Waals surface area contributed by atoms with Crippen LogP contribution in [0.2, 0.25) is 0 Å². The van der Waals surface area contributed by atoms with Crippen molar-refractivity contribution >= 4 is 21.5 Å². The van der Waals surface area contributed by atoms with Crippen molar-refractivity contribution in [2.75, 3.05) is 5.33 Å². The van der Waals surface area contributed by atoms with Crippen LogP contribution < -0.4 is 0 Å². The Morgan fingerprint density at radius 1 is 1.36 bits per heavy atom. The molecule has 0 aliphatic rings. The van der Waals surface area contributed by atoms with E-state index in [1.54, 1.807) is 0 Å². The fraction of sp³-hybridized carbons (Fsp3) is 0.385. The van der Waals surface area contributed by atoms with Crippen LogP contribution in [0.1, 0.15) is 31.9 Å². The van der Waals surface area contributed by atoms with Crippen molar-refractivity contribution in [2.24, 2.45) is 0 Å². The van der Waals surface area contributed by atoms with Gasteiger partial charge in [0, 0.05) is 5.33 Å². The van der Waals surface area contributed by atoms with Crippen LogP contribution >= 0.6 is 15.9 Å². The summed E-state index contributed by atoms with van der Waals surface area (Å²) in [6.45, 7) is 10.7. The summed E-state index contributed by atoms with van der Waals surface area (Å²) in [7, 11) is 0. The SMILES string of the molecule is C=C(CBr)c1cccc(C(C)(C)C)c1. The molecule has 0 aliphatic heterocycles. The molecule has 0 radical (unpaired) electrons. The lowest BCUT2D eigenvalue weighted by molar-refractivity contribution is 0.590. The summed E-state index contributed by atoms with van der Waals surface area (Å²) >= 11 is 3.43. The molecule has 0 saturated carbocycles. The summed E-state index contributed by atoms with van der Waals surface area (Å²) in [6.07, 6.45) is 0. The van der Waals surface area contributed by atoms with Crippen molar-refractivity contribution in [3.63, 3.8) is 0 Å². The molecule has 0 heterocycles. The lowest BCUT2D eigenvalue weighted by Gasteiger charge is -2.19. The summed E-state index contributed by atoms with van der Waals surface area (Å²) in [5.41, 5.74) is 3.94. The van der Waals surface area contributed by atoms with Crippen molar-refractivity contribution in [2.45, 2.75) is 26.2 Å². The summed E-state index contributed by atoms with van der Waals surface area (Å²) in [6, 6.07) is 8.61. The maximum atomic E-state index is 4.02. The Labute approximate surface area is 95.2 Å². The van der Waals surface area contributed by atoms with E-state index in [2.05, 4.69) is 67.5 Å². The molecule has 0 fully saturated rings. The summed E-state index contributed by atoms with van der Waals surface area (Å²) in [5.74, 6) is 0. The molecule has 1 heteroatoms. The van der Waals surface area contributed by atoms with Crippen LogP contribution in [0.15, 0.2) is 30.8 Å². The molecule has 0 amide bonds. The molecule has 1 aromatic carbocycles. The highest BCUT2D eigenvalue weighted by Gasteiger charge is 2.13. The van der Waals surface area contributed by atoms with Gasteiger partial charge in [-0.3, -0.25) is 0 Å². The minimum atomic E-state index is 0.211. The molecule has 76 valence electrons. The molecule has 0 atom stereocenters.